The summed E-state index contributed by atoms with van der Waals surface area (Å²) in [5.74, 6) is 0.577. The quantitative estimate of drug-likeness (QED) is 0.687. The third kappa shape index (κ3) is 5.12. The molecule has 1 rings (SSSR count). The average molecular weight is 222 g/mol. The molecular formula is C13H22N2O. The van der Waals surface area contributed by atoms with Gasteiger partial charge in [0.1, 0.15) is 5.82 Å². The van der Waals surface area contributed by atoms with Crippen LogP contribution in [0, 0.1) is 0 Å². The molecule has 0 atom stereocenters. The zero-order valence-corrected chi connectivity index (χ0v) is 10.1. The Hall–Kier alpha value is -1.09. The minimum atomic E-state index is 0.577. The van der Waals surface area contributed by atoms with Gasteiger partial charge in [-0.25, -0.2) is 4.98 Å². The average Bonchev–Trinajstić information content (AvgIpc) is 2.30. The first-order valence-corrected chi connectivity index (χ1v) is 6.11. The summed E-state index contributed by atoms with van der Waals surface area (Å²) in [5.41, 5.74) is 6.69. The van der Waals surface area contributed by atoms with E-state index in [2.05, 4.69) is 11.9 Å². The molecule has 0 unspecified atom stereocenters. The standard InChI is InChI=1S/C13H22N2O/c1-2-3-4-5-6-10-16-11-12-8-7-9-15-13(12)14/h7-9H,2-6,10-11H2,1H3,(H2,14,15). The van der Waals surface area contributed by atoms with Gasteiger partial charge in [0.05, 0.1) is 6.61 Å². The van der Waals surface area contributed by atoms with Gasteiger partial charge in [-0.3, -0.25) is 0 Å². The minimum Gasteiger partial charge on any atom is -0.383 e. The molecule has 1 aromatic heterocycles. The number of nitrogens with zero attached hydrogens (tertiary/aromatic N) is 1. The van der Waals surface area contributed by atoms with Crippen LogP contribution in [-0.4, -0.2) is 11.6 Å². The molecule has 1 heterocycles. The Labute approximate surface area is 98.0 Å². The van der Waals surface area contributed by atoms with Gasteiger partial charge in [-0.1, -0.05) is 38.7 Å². The van der Waals surface area contributed by atoms with Gasteiger partial charge in [0, 0.05) is 18.4 Å². The number of unbranched alkanes of at least 4 members (excludes halogenated alkanes) is 4. The van der Waals surface area contributed by atoms with E-state index in [0.717, 1.165) is 18.6 Å². The van der Waals surface area contributed by atoms with Crippen LogP contribution in [-0.2, 0) is 11.3 Å². The Bertz CT molecular complexity index is 289. The van der Waals surface area contributed by atoms with Crippen molar-refractivity contribution in [3.63, 3.8) is 0 Å². The van der Waals surface area contributed by atoms with Gasteiger partial charge in [-0.2, -0.15) is 0 Å². The van der Waals surface area contributed by atoms with Crippen LogP contribution in [0.1, 0.15) is 44.6 Å². The molecule has 0 aliphatic carbocycles. The van der Waals surface area contributed by atoms with Crippen LogP contribution in [0.5, 0.6) is 0 Å². The maximum Gasteiger partial charge on any atom is 0.128 e. The van der Waals surface area contributed by atoms with Crippen LogP contribution < -0.4 is 5.73 Å². The molecule has 0 fully saturated rings. The zero-order chi connectivity index (χ0) is 11.6. The van der Waals surface area contributed by atoms with Gasteiger partial charge >= 0.3 is 0 Å². The third-order valence-corrected chi connectivity index (χ3v) is 2.58. The van der Waals surface area contributed by atoms with Gasteiger partial charge < -0.3 is 10.5 Å². The number of anilines is 1. The van der Waals surface area contributed by atoms with Crippen LogP contribution in [0.2, 0.25) is 0 Å². The molecular weight excluding hydrogens is 200 g/mol. The van der Waals surface area contributed by atoms with Crippen molar-refractivity contribution in [2.45, 2.75) is 45.6 Å². The molecule has 90 valence electrons. The number of nitrogens with two attached hydrogens (primary N) is 1. The molecule has 0 aromatic carbocycles. The fourth-order valence-electron chi connectivity index (χ4n) is 1.56. The van der Waals surface area contributed by atoms with Crippen LogP contribution >= 0.6 is 0 Å². The van der Waals surface area contributed by atoms with Gasteiger partial charge in [0.2, 0.25) is 0 Å². The van der Waals surface area contributed by atoms with Gasteiger partial charge in [-0.15, -0.1) is 0 Å². The summed E-state index contributed by atoms with van der Waals surface area (Å²) in [5, 5.41) is 0. The largest absolute Gasteiger partial charge is 0.383 e. The first-order chi connectivity index (χ1) is 7.84. The molecule has 1 aromatic rings. The zero-order valence-electron chi connectivity index (χ0n) is 10.1. The lowest BCUT2D eigenvalue weighted by Crippen LogP contribution is -2.01. The number of hydrogen-bond donors (Lipinski definition) is 1. The highest BCUT2D eigenvalue weighted by Crippen LogP contribution is 2.09. The molecule has 3 nitrogen and oxygen atoms in total. The number of aromatic nitrogens is 1. The topological polar surface area (TPSA) is 48.1 Å². The second kappa shape index (κ2) is 8.11. The van der Waals surface area contributed by atoms with E-state index in [1.807, 2.05) is 12.1 Å². The maximum absolute atomic E-state index is 5.71. The normalized spacial score (nSPS) is 10.6. The lowest BCUT2D eigenvalue weighted by Gasteiger charge is -2.05. The molecule has 0 saturated carbocycles. The number of ether oxygens (including phenoxy) is 1. The third-order valence-electron chi connectivity index (χ3n) is 2.58. The molecule has 0 aliphatic heterocycles. The fraction of sp³-hybridized carbons (Fsp3) is 0.615. The van der Waals surface area contributed by atoms with Crippen LogP contribution in [0.15, 0.2) is 18.3 Å². The van der Waals surface area contributed by atoms with Crippen molar-refractivity contribution < 1.29 is 4.74 Å². The lowest BCUT2D eigenvalue weighted by atomic mass is 10.2. The van der Waals surface area contributed by atoms with Crippen molar-refractivity contribution >= 4 is 5.82 Å². The van der Waals surface area contributed by atoms with E-state index in [4.69, 9.17) is 10.5 Å². The molecule has 16 heavy (non-hydrogen) atoms. The predicted molar refractivity (Wildman–Crippen MR) is 67.1 cm³/mol. The van der Waals surface area contributed by atoms with E-state index in [0.29, 0.717) is 12.4 Å². The summed E-state index contributed by atoms with van der Waals surface area (Å²) in [6, 6.07) is 3.84. The van der Waals surface area contributed by atoms with Gasteiger partial charge in [0.15, 0.2) is 0 Å². The Morgan fingerprint density at radius 1 is 1.25 bits per heavy atom. The highest BCUT2D eigenvalue weighted by atomic mass is 16.5. The molecule has 0 radical (unpaired) electrons. The van der Waals surface area contributed by atoms with E-state index in [1.165, 1.54) is 25.7 Å². The van der Waals surface area contributed by atoms with E-state index in [1.54, 1.807) is 6.20 Å². The van der Waals surface area contributed by atoms with Gasteiger partial charge in [0.25, 0.3) is 0 Å². The molecule has 3 heteroatoms. The summed E-state index contributed by atoms with van der Waals surface area (Å²) in [7, 11) is 0. The Balaban J connectivity index is 2.05. The summed E-state index contributed by atoms with van der Waals surface area (Å²) in [6.45, 7) is 3.62. The second-order valence-corrected chi connectivity index (χ2v) is 4.01. The SMILES string of the molecule is CCCCCCCOCc1cccnc1N. The van der Waals surface area contributed by atoms with Crippen LogP contribution in [0.4, 0.5) is 5.82 Å². The molecule has 0 saturated heterocycles. The number of pyridine rings is 1. The smallest absolute Gasteiger partial charge is 0.128 e. The highest BCUT2D eigenvalue weighted by molar-refractivity contribution is 5.37. The van der Waals surface area contributed by atoms with Crippen molar-refractivity contribution in [3.05, 3.63) is 23.9 Å². The number of rotatable bonds is 8. The van der Waals surface area contributed by atoms with Crippen molar-refractivity contribution in [1.82, 2.24) is 4.98 Å². The summed E-state index contributed by atoms with van der Waals surface area (Å²) in [6.07, 6.45) is 8.03. The van der Waals surface area contributed by atoms with E-state index in [-0.39, 0.29) is 0 Å². The first-order valence-electron chi connectivity index (χ1n) is 6.11. The van der Waals surface area contributed by atoms with Crippen LogP contribution in [0.3, 0.4) is 0 Å². The van der Waals surface area contributed by atoms with E-state index < -0.39 is 0 Å². The summed E-state index contributed by atoms with van der Waals surface area (Å²) < 4.78 is 5.56. The molecule has 0 amide bonds. The lowest BCUT2D eigenvalue weighted by molar-refractivity contribution is 0.117. The predicted octanol–water partition coefficient (Wildman–Crippen LogP) is 3.15. The van der Waals surface area contributed by atoms with E-state index >= 15 is 0 Å². The number of nitrogen functional groups attached to an aromatic ring is 1. The Morgan fingerprint density at radius 2 is 2.06 bits per heavy atom. The number of hydrogen-bond acceptors (Lipinski definition) is 3. The second-order valence-electron chi connectivity index (χ2n) is 4.01. The van der Waals surface area contributed by atoms with E-state index in [9.17, 15) is 0 Å². The van der Waals surface area contributed by atoms with Crippen molar-refractivity contribution in [2.75, 3.05) is 12.3 Å². The summed E-state index contributed by atoms with van der Waals surface area (Å²) >= 11 is 0. The van der Waals surface area contributed by atoms with Crippen molar-refractivity contribution in [1.29, 1.82) is 0 Å². The monoisotopic (exact) mass is 222 g/mol. The molecule has 2 N–H and O–H groups in total. The Morgan fingerprint density at radius 3 is 2.81 bits per heavy atom. The molecule has 0 aliphatic rings. The minimum absolute atomic E-state index is 0.577. The first kappa shape index (κ1) is 13.0. The molecule has 0 bridgehead atoms. The van der Waals surface area contributed by atoms with Crippen molar-refractivity contribution in [2.24, 2.45) is 0 Å². The molecule has 0 spiro atoms. The van der Waals surface area contributed by atoms with Crippen LogP contribution in [0.25, 0.3) is 0 Å². The summed E-state index contributed by atoms with van der Waals surface area (Å²) in [4.78, 5) is 4.02. The Kier molecular flexibility index (Phi) is 6.58. The fourth-order valence-corrected chi connectivity index (χ4v) is 1.56. The maximum atomic E-state index is 5.71. The highest BCUT2D eigenvalue weighted by Gasteiger charge is 1.98. The van der Waals surface area contributed by atoms with Crippen molar-refractivity contribution in [3.8, 4) is 0 Å². The van der Waals surface area contributed by atoms with Gasteiger partial charge in [-0.05, 0) is 12.5 Å².